The van der Waals surface area contributed by atoms with E-state index < -0.39 is 5.91 Å². The number of benzene rings is 2. The van der Waals surface area contributed by atoms with Crippen molar-refractivity contribution in [3.05, 3.63) is 77.9 Å². The largest absolute Gasteiger partial charge is 0.366 e. The summed E-state index contributed by atoms with van der Waals surface area (Å²) in [6.07, 6.45) is 1.26. The van der Waals surface area contributed by atoms with Crippen LogP contribution in [-0.2, 0) is 11.3 Å². The zero-order chi connectivity index (χ0) is 16.1. The Hall–Kier alpha value is -2.88. The summed E-state index contributed by atoms with van der Waals surface area (Å²) in [5.74, 6) is -0.759. The molecular weight excluding hydrogens is 276 g/mol. The molecule has 0 unspecified atom stereocenters. The van der Waals surface area contributed by atoms with E-state index in [0.29, 0.717) is 17.8 Å². The lowest BCUT2D eigenvalue weighted by molar-refractivity contribution is -0.114. The Bertz CT molecular complexity index is 705. The summed E-state index contributed by atoms with van der Waals surface area (Å²) in [5, 5.41) is 0. The van der Waals surface area contributed by atoms with E-state index in [-0.39, 0.29) is 5.91 Å². The van der Waals surface area contributed by atoms with Gasteiger partial charge in [-0.3, -0.25) is 9.59 Å². The maximum absolute atomic E-state index is 12.2. The molecule has 0 fully saturated rings. The number of rotatable bonds is 5. The predicted molar refractivity (Wildman–Crippen MR) is 87.5 cm³/mol. The summed E-state index contributed by atoms with van der Waals surface area (Å²) in [7, 11) is 0. The third kappa shape index (κ3) is 3.61. The van der Waals surface area contributed by atoms with Crippen LogP contribution in [0, 0.1) is 6.92 Å². The van der Waals surface area contributed by atoms with E-state index in [1.165, 1.54) is 6.08 Å². The van der Waals surface area contributed by atoms with Gasteiger partial charge in [0, 0.05) is 11.3 Å². The monoisotopic (exact) mass is 294 g/mol. The molecule has 0 aromatic heterocycles. The quantitative estimate of drug-likeness (QED) is 0.862. The van der Waals surface area contributed by atoms with Crippen LogP contribution in [0.15, 0.2) is 61.2 Å². The Kier molecular flexibility index (Phi) is 4.73. The van der Waals surface area contributed by atoms with Gasteiger partial charge in [-0.25, -0.2) is 0 Å². The number of amides is 2. The van der Waals surface area contributed by atoms with Gasteiger partial charge in [0.15, 0.2) is 0 Å². The highest BCUT2D eigenvalue weighted by molar-refractivity contribution is 6.02. The van der Waals surface area contributed by atoms with Crippen molar-refractivity contribution in [3.63, 3.8) is 0 Å². The second-order valence-electron chi connectivity index (χ2n) is 5.03. The fourth-order valence-corrected chi connectivity index (χ4v) is 2.11. The van der Waals surface area contributed by atoms with Gasteiger partial charge in [0.2, 0.25) is 5.91 Å². The van der Waals surface area contributed by atoms with Crippen LogP contribution in [0.2, 0.25) is 0 Å². The van der Waals surface area contributed by atoms with Crippen molar-refractivity contribution >= 4 is 17.5 Å². The van der Waals surface area contributed by atoms with Crippen LogP contribution in [-0.4, -0.2) is 11.8 Å². The van der Waals surface area contributed by atoms with E-state index >= 15 is 0 Å². The topological polar surface area (TPSA) is 63.4 Å². The van der Waals surface area contributed by atoms with Crippen molar-refractivity contribution in [3.8, 4) is 0 Å². The van der Waals surface area contributed by atoms with Gasteiger partial charge in [0.1, 0.15) is 0 Å². The summed E-state index contributed by atoms with van der Waals surface area (Å²) >= 11 is 0. The average molecular weight is 294 g/mol. The molecule has 0 radical (unpaired) electrons. The number of carbonyl (C=O) groups excluding carboxylic acids is 2. The molecule has 0 heterocycles. The van der Waals surface area contributed by atoms with E-state index in [0.717, 1.165) is 11.1 Å². The summed E-state index contributed by atoms with van der Waals surface area (Å²) in [5.41, 5.74) is 8.42. The highest BCUT2D eigenvalue weighted by Gasteiger charge is 2.14. The van der Waals surface area contributed by atoms with Crippen LogP contribution in [0.5, 0.6) is 0 Å². The molecule has 0 aliphatic heterocycles. The van der Waals surface area contributed by atoms with Crippen LogP contribution >= 0.6 is 0 Å². The van der Waals surface area contributed by atoms with Crippen LogP contribution in [0.25, 0.3) is 0 Å². The van der Waals surface area contributed by atoms with Gasteiger partial charge in [-0.05, 0) is 36.8 Å². The van der Waals surface area contributed by atoms with E-state index in [9.17, 15) is 9.59 Å². The molecule has 4 heteroatoms. The number of primary amides is 1. The number of aryl methyl sites for hydroxylation is 1. The smallest absolute Gasteiger partial charge is 0.250 e. The Morgan fingerprint density at radius 2 is 1.86 bits per heavy atom. The molecular formula is C18H18N2O2. The Morgan fingerprint density at radius 1 is 1.18 bits per heavy atom. The van der Waals surface area contributed by atoms with Crippen LogP contribution in [0.4, 0.5) is 5.69 Å². The molecule has 0 spiro atoms. The van der Waals surface area contributed by atoms with Crippen molar-refractivity contribution < 1.29 is 9.59 Å². The van der Waals surface area contributed by atoms with Gasteiger partial charge in [-0.15, -0.1) is 0 Å². The van der Waals surface area contributed by atoms with Crippen molar-refractivity contribution in [1.29, 1.82) is 0 Å². The first-order chi connectivity index (χ1) is 10.5. The first-order valence-electron chi connectivity index (χ1n) is 6.90. The molecule has 4 nitrogen and oxygen atoms in total. The number of nitrogens with two attached hydrogens (primary N) is 1. The number of hydrogen-bond donors (Lipinski definition) is 1. The third-order valence-electron chi connectivity index (χ3n) is 3.34. The van der Waals surface area contributed by atoms with E-state index in [2.05, 4.69) is 6.58 Å². The maximum Gasteiger partial charge on any atom is 0.250 e. The molecule has 2 aromatic carbocycles. The minimum absolute atomic E-state index is 0.234. The second-order valence-corrected chi connectivity index (χ2v) is 5.03. The van der Waals surface area contributed by atoms with Crippen molar-refractivity contribution in [2.45, 2.75) is 13.5 Å². The first kappa shape index (κ1) is 15.5. The fraction of sp³-hybridized carbons (Fsp3) is 0.111. The molecule has 0 saturated heterocycles. The molecule has 0 bridgehead atoms. The molecule has 0 aliphatic carbocycles. The zero-order valence-corrected chi connectivity index (χ0v) is 12.5. The summed E-state index contributed by atoms with van der Waals surface area (Å²) < 4.78 is 0. The lowest BCUT2D eigenvalue weighted by Gasteiger charge is -2.22. The molecule has 0 saturated carbocycles. The molecule has 2 aromatic rings. The predicted octanol–water partition coefficient (Wildman–Crippen LogP) is 2.81. The minimum Gasteiger partial charge on any atom is -0.366 e. The number of nitrogens with zero attached hydrogens (tertiary/aromatic N) is 1. The van der Waals surface area contributed by atoms with Crippen LogP contribution < -0.4 is 10.6 Å². The number of anilines is 1. The fourth-order valence-electron chi connectivity index (χ4n) is 2.11. The number of hydrogen-bond acceptors (Lipinski definition) is 2. The standard InChI is InChI=1S/C18H18N2O2/c1-3-17(21)20(12-14-9-7-13(2)8-10-14)16-6-4-5-15(11-16)18(19)22/h3-11H,1,12H2,2H3,(H2,19,22). The molecule has 22 heavy (non-hydrogen) atoms. The van der Waals surface area contributed by atoms with Gasteiger partial charge in [0.25, 0.3) is 5.91 Å². The first-order valence-corrected chi connectivity index (χ1v) is 6.90. The highest BCUT2D eigenvalue weighted by Crippen LogP contribution is 2.20. The number of carbonyl (C=O) groups is 2. The normalized spacial score (nSPS) is 10.0. The molecule has 2 rings (SSSR count). The Morgan fingerprint density at radius 3 is 2.45 bits per heavy atom. The molecule has 0 aliphatic rings. The van der Waals surface area contributed by atoms with Gasteiger partial charge < -0.3 is 10.6 Å². The van der Waals surface area contributed by atoms with E-state index in [1.807, 2.05) is 31.2 Å². The molecule has 0 atom stereocenters. The Labute approximate surface area is 129 Å². The van der Waals surface area contributed by atoms with Crippen molar-refractivity contribution in [2.24, 2.45) is 5.73 Å². The van der Waals surface area contributed by atoms with Crippen molar-refractivity contribution in [1.82, 2.24) is 0 Å². The lowest BCUT2D eigenvalue weighted by atomic mass is 10.1. The minimum atomic E-state index is -0.525. The second kappa shape index (κ2) is 6.72. The Balaban J connectivity index is 2.35. The SMILES string of the molecule is C=CC(=O)N(Cc1ccc(C)cc1)c1cccc(C(N)=O)c1. The lowest BCUT2D eigenvalue weighted by Crippen LogP contribution is -2.28. The van der Waals surface area contributed by atoms with Crippen LogP contribution in [0.3, 0.4) is 0 Å². The van der Waals surface area contributed by atoms with Gasteiger partial charge in [0.05, 0.1) is 6.54 Å². The molecule has 2 amide bonds. The van der Waals surface area contributed by atoms with Crippen LogP contribution in [0.1, 0.15) is 21.5 Å². The van der Waals surface area contributed by atoms with Gasteiger partial charge >= 0.3 is 0 Å². The third-order valence-corrected chi connectivity index (χ3v) is 3.34. The summed E-state index contributed by atoms with van der Waals surface area (Å²) in [6.45, 7) is 5.94. The average Bonchev–Trinajstić information content (AvgIpc) is 2.53. The van der Waals surface area contributed by atoms with E-state index in [4.69, 9.17) is 5.73 Å². The molecule has 2 N–H and O–H groups in total. The zero-order valence-electron chi connectivity index (χ0n) is 12.5. The summed E-state index contributed by atoms with van der Waals surface area (Å²) in [4.78, 5) is 25.0. The highest BCUT2D eigenvalue weighted by atomic mass is 16.2. The molecule has 112 valence electrons. The maximum atomic E-state index is 12.2. The summed E-state index contributed by atoms with van der Waals surface area (Å²) in [6, 6.07) is 14.6. The van der Waals surface area contributed by atoms with Gasteiger partial charge in [-0.2, -0.15) is 0 Å². The van der Waals surface area contributed by atoms with Gasteiger partial charge in [-0.1, -0.05) is 42.5 Å². The van der Waals surface area contributed by atoms with Crippen molar-refractivity contribution in [2.75, 3.05) is 4.90 Å². The van der Waals surface area contributed by atoms with E-state index in [1.54, 1.807) is 29.2 Å².